The number of carbonyl (C=O) groups is 2. The minimum Gasteiger partial charge on any atom is -0.465 e. The summed E-state index contributed by atoms with van der Waals surface area (Å²) < 4.78 is 32.8. The second kappa shape index (κ2) is 9.49. The van der Waals surface area contributed by atoms with E-state index in [1.165, 1.54) is 36.4 Å². The highest BCUT2D eigenvalue weighted by Gasteiger charge is 2.33. The van der Waals surface area contributed by atoms with Gasteiger partial charge in [0.15, 0.2) is 0 Å². The van der Waals surface area contributed by atoms with Crippen LogP contribution in [0.5, 0.6) is 0 Å². The van der Waals surface area contributed by atoms with Crippen molar-refractivity contribution in [2.75, 3.05) is 18.0 Å². The third-order valence-electron chi connectivity index (χ3n) is 4.63. The molecule has 0 radical (unpaired) electrons. The summed E-state index contributed by atoms with van der Waals surface area (Å²) in [5.41, 5.74) is -0.522. The molecule has 2 aromatic carbocycles. The maximum Gasteiger partial charge on any atom is 0.339 e. The van der Waals surface area contributed by atoms with Gasteiger partial charge in [0.25, 0.3) is 10.0 Å². The first kappa shape index (κ1) is 23.7. The number of benzene rings is 2. The lowest BCUT2D eigenvalue weighted by Crippen LogP contribution is -2.48. The zero-order chi connectivity index (χ0) is 22.5. The Morgan fingerprint density at radius 3 is 2.30 bits per heavy atom. The molecule has 2 rings (SSSR count). The van der Waals surface area contributed by atoms with Gasteiger partial charge in [-0.05, 0) is 44.5 Å². The lowest BCUT2D eigenvalue weighted by Gasteiger charge is -2.29. The smallest absolute Gasteiger partial charge is 0.339 e. The summed E-state index contributed by atoms with van der Waals surface area (Å²) in [6.45, 7) is 5.08. The standard InChI is InChI=1S/C21H25ClN2O5S/c1-5-21(2,3)23-19(25)14-24(17-12-8-7-11-16(17)22)30(27,28)18-13-9-6-10-15(18)20(26)29-4/h6-13H,5,14H2,1-4H3,(H,23,25). The number of halogens is 1. The van der Waals surface area contributed by atoms with Crippen molar-refractivity contribution >= 4 is 39.2 Å². The first-order valence-electron chi connectivity index (χ1n) is 9.29. The highest BCUT2D eigenvalue weighted by Crippen LogP contribution is 2.31. The van der Waals surface area contributed by atoms with Crippen molar-refractivity contribution < 1.29 is 22.7 Å². The second-order valence-corrected chi connectivity index (χ2v) is 9.47. The summed E-state index contributed by atoms with van der Waals surface area (Å²) in [5.74, 6) is -1.30. The number of nitrogens with one attached hydrogen (secondary N) is 1. The van der Waals surface area contributed by atoms with Crippen molar-refractivity contribution in [3.8, 4) is 0 Å². The van der Waals surface area contributed by atoms with Crippen LogP contribution in [0, 0.1) is 0 Å². The van der Waals surface area contributed by atoms with Crippen LogP contribution in [0.15, 0.2) is 53.4 Å². The number of hydrogen-bond acceptors (Lipinski definition) is 5. The van der Waals surface area contributed by atoms with Gasteiger partial charge in [0.2, 0.25) is 5.91 Å². The van der Waals surface area contributed by atoms with E-state index < -0.39 is 34.0 Å². The van der Waals surface area contributed by atoms with Crippen LogP contribution in [-0.4, -0.2) is 39.5 Å². The Labute approximate surface area is 182 Å². The lowest BCUT2D eigenvalue weighted by molar-refractivity contribution is -0.121. The number of rotatable bonds is 8. The molecule has 0 aliphatic rings. The molecule has 0 unspecified atom stereocenters. The minimum atomic E-state index is -4.33. The van der Waals surface area contributed by atoms with E-state index in [0.717, 1.165) is 11.4 Å². The number of anilines is 1. The van der Waals surface area contributed by atoms with Crippen LogP contribution in [0.3, 0.4) is 0 Å². The van der Waals surface area contributed by atoms with E-state index in [4.69, 9.17) is 16.3 Å². The van der Waals surface area contributed by atoms with Gasteiger partial charge in [-0.2, -0.15) is 0 Å². The fraction of sp³-hybridized carbons (Fsp3) is 0.333. The third kappa shape index (κ3) is 5.31. The molecule has 1 amide bonds. The summed E-state index contributed by atoms with van der Waals surface area (Å²) in [6.07, 6.45) is 0.656. The third-order valence-corrected chi connectivity index (χ3v) is 6.77. The van der Waals surface area contributed by atoms with Crippen molar-refractivity contribution in [1.82, 2.24) is 5.32 Å². The van der Waals surface area contributed by atoms with Gasteiger partial charge in [0, 0.05) is 5.54 Å². The van der Waals surface area contributed by atoms with E-state index in [2.05, 4.69) is 5.32 Å². The van der Waals surface area contributed by atoms with Crippen LogP contribution in [0.1, 0.15) is 37.6 Å². The molecule has 0 fully saturated rings. The molecule has 2 aromatic rings. The monoisotopic (exact) mass is 452 g/mol. The number of esters is 1. The number of nitrogens with zero attached hydrogens (tertiary/aromatic N) is 1. The SMILES string of the molecule is CCC(C)(C)NC(=O)CN(c1ccccc1Cl)S(=O)(=O)c1ccccc1C(=O)OC. The zero-order valence-electron chi connectivity index (χ0n) is 17.3. The Kier molecular flexibility index (Phi) is 7.49. The number of amides is 1. The first-order valence-corrected chi connectivity index (χ1v) is 11.1. The highest BCUT2D eigenvalue weighted by atomic mass is 35.5. The molecular weight excluding hydrogens is 428 g/mol. The molecule has 0 saturated heterocycles. The summed E-state index contributed by atoms with van der Waals surface area (Å²) in [5, 5.41) is 2.97. The van der Waals surface area contributed by atoms with Crippen LogP contribution in [0.4, 0.5) is 5.69 Å². The van der Waals surface area contributed by atoms with Gasteiger partial charge in [-0.25, -0.2) is 13.2 Å². The molecule has 1 N–H and O–H groups in total. The number of sulfonamides is 1. The topological polar surface area (TPSA) is 92.8 Å². The molecule has 0 aliphatic carbocycles. The maximum absolute atomic E-state index is 13.6. The largest absolute Gasteiger partial charge is 0.465 e. The van der Waals surface area contributed by atoms with E-state index in [-0.39, 0.29) is 21.2 Å². The number of para-hydroxylation sites is 1. The van der Waals surface area contributed by atoms with Gasteiger partial charge >= 0.3 is 5.97 Å². The summed E-state index contributed by atoms with van der Waals surface area (Å²) in [4.78, 5) is 24.6. The Morgan fingerprint density at radius 1 is 1.10 bits per heavy atom. The molecule has 0 aliphatic heterocycles. The fourth-order valence-corrected chi connectivity index (χ4v) is 4.59. The maximum atomic E-state index is 13.6. The normalized spacial score (nSPS) is 11.6. The van der Waals surface area contributed by atoms with Crippen molar-refractivity contribution in [3.05, 3.63) is 59.1 Å². The van der Waals surface area contributed by atoms with Crippen LogP contribution < -0.4 is 9.62 Å². The lowest BCUT2D eigenvalue weighted by atomic mass is 10.0. The minimum absolute atomic E-state index is 0.128. The van der Waals surface area contributed by atoms with Crippen LogP contribution >= 0.6 is 11.6 Å². The molecule has 0 aromatic heterocycles. The average molecular weight is 453 g/mol. The number of carbonyl (C=O) groups excluding carboxylic acids is 2. The highest BCUT2D eigenvalue weighted by molar-refractivity contribution is 7.93. The van der Waals surface area contributed by atoms with Gasteiger partial charge in [0.05, 0.1) is 23.4 Å². The Bertz CT molecular complexity index is 1040. The summed E-state index contributed by atoms with van der Waals surface area (Å²) >= 11 is 6.26. The van der Waals surface area contributed by atoms with Gasteiger partial charge in [-0.15, -0.1) is 0 Å². The van der Waals surface area contributed by atoms with Crippen molar-refractivity contribution in [2.45, 2.75) is 37.6 Å². The number of ether oxygens (including phenoxy) is 1. The average Bonchev–Trinajstić information content (AvgIpc) is 2.71. The van der Waals surface area contributed by atoms with Crippen LogP contribution in [0.2, 0.25) is 5.02 Å². The first-order chi connectivity index (χ1) is 14.0. The molecule has 7 nitrogen and oxygen atoms in total. The van der Waals surface area contributed by atoms with E-state index >= 15 is 0 Å². The Balaban J connectivity index is 2.59. The van der Waals surface area contributed by atoms with Crippen LogP contribution in [-0.2, 0) is 19.6 Å². The molecule has 9 heteroatoms. The number of methoxy groups -OCH3 is 1. The molecule has 30 heavy (non-hydrogen) atoms. The molecule has 0 heterocycles. The fourth-order valence-electron chi connectivity index (χ4n) is 2.68. The summed E-state index contributed by atoms with van der Waals surface area (Å²) in [7, 11) is -3.17. The quantitative estimate of drug-likeness (QED) is 0.617. The molecule has 0 saturated carbocycles. The predicted octanol–water partition coefficient (Wildman–Crippen LogP) is 3.63. The Hall–Kier alpha value is -2.58. The van der Waals surface area contributed by atoms with Gasteiger partial charge < -0.3 is 10.1 Å². The van der Waals surface area contributed by atoms with Gasteiger partial charge in [-0.1, -0.05) is 42.8 Å². The summed E-state index contributed by atoms with van der Waals surface area (Å²) in [6, 6.07) is 12.0. The molecular formula is C21H25ClN2O5S. The van der Waals surface area contributed by atoms with E-state index in [1.807, 2.05) is 20.8 Å². The van der Waals surface area contributed by atoms with Gasteiger partial charge in [-0.3, -0.25) is 9.10 Å². The van der Waals surface area contributed by atoms with E-state index in [1.54, 1.807) is 12.1 Å². The second-order valence-electron chi connectivity index (χ2n) is 7.24. The zero-order valence-corrected chi connectivity index (χ0v) is 18.9. The predicted molar refractivity (Wildman–Crippen MR) is 116 cm³/mol. The molecule has 162 valence electrons. The number of hydrogen-bond donors (Lipinski definition) is 1. The van der Waals surface area contributed by atoms with Gasteiger partial charge in [0.1, 0.15) is 11.4 Å². The molecule has 0 spiro atoms. The van der Waals surface area contributed by atoms with Crippen molar-refractivity contribution in [1.29, 1.82) is 0 Å². The molecule has 0 bridgehead atoms. The van der Waals surface area contributed by atoms with E-state index in [9.17, 15) is 18.0 Å². The molecule has 0 atom stereocenters. The Morgan fingerprint density at radius 2 is 1.70 bits per heavy atom. The van der Waals surface area contributed by atoms with Crippen molar-refractivity contribution in [3.63, 3.8) is 0 Å². The van der Waals surface area contributed by atoms with E-state index in [0.29, 0.717) is 6.42 Å². The van der Waals surface area contributed by atoms with Crippen LogP contribution in [0.25, 0.3) is 0 Å². The van der Waals surface area contributed by atoms with Crippen molar-refractivity contribution in [2.24, 2.45) is 0 Å².